The molecule has 1 aromatic carbocycles. The van der Waals surface area contributed by atoms with Gasteiger partial charge in [-0.25, -0.2) is 9.78 Å². The van der Waals surface area contributed by atoms with E-state index in [4.69, 9.17) is 15.7 Å². The third-order valence-corrected chi connectivity index (χ3v) is 2.54. The third kappa shape index (κ3) is 2.69. The molecule has 0 saturated carbocycles. The number of aromatic nitrogens is 1. The topological polar surface area (TPSA) is 89.0 Å². The molecule has 5 nitrogen and oxygen atoms in total. The molecule has 0 aliphatic rings. The SMILES string of the molecule is Cc1cc(OC(N)=O)c(-c2ccccc2)nc1C#N. The number of amides is 1. The van der Waals surface area contributed by atoms with Crippen LogP contribution in [0.25, 0.3) is 11.3 Å². The van der Waals surface area contributed by atoms with Crippen LogP contribution < -0.4 is 10.5 Å². The molecule has 1 aromatic heterocycles. The summed E-state index contributed by atoms with van der Waals surface area (Å²) in [5, 5.41) is 9.02. The Morgan fingerprint density at radius 2 is 2.05 bits per heavy atom. The van der Waals surface area contributed by atoms with Gasteiger partial charge in [-0.2, -0.15) is 5.26 Å². The zero-order chi connectivity index (χ0) is 13.8. The molecule has 1 heterocycles. The average molecular weight is 253 g/mol. The summed E-state index contributed by atoms with van der Waals surface area (Å²) >= 11 is 0. The van der Waals surface area contributed by atoms with Gasteiger partial charge in [-0.3, -0.25) is 0 Å². The predicted molar refractivity (Wildman–Crippen MR) is 69.3 cm³/mol. The lowest BCUT2D eigenvalue weighted by atomic mass is 10.1. The van der Waals surface area contributed by atoms with Gasteiger partial charge in [0.15, 0.2) is 5.75 Å². The minimum absolute atomic E-state index is 0.246. The number of carbonyl (C=O) groups excluding carboxylic acids is 1. The Morgan fingerprint density at radius 1 is 1.37 bits per heavy atom. The fourth-order valence-electron chi connectivity index (χ4n) is 1.69. The van der Waals surface area contributed by atoms with Crippen molar-refractivity contribution in [2.75, 3.05) is 0 Å². The van der Waals surface area contributed by atoms with Crippen molar-refractivity contribution in [2.45, 2.75) is 6.92 Å². The minimum Gasteiger partial charge on any atom is -0.408 e. The number of nitrogens with two attached hydrogens (primary N) is 1. The number of rotatable bonds is 2. The van der Waals surface area contributed by atoms with E-state index in [9.17, 15) is 4.79 Å². The van der Waals surface area contributed by atoms with Gasteiger partial charge >= 0.3 is 6.09 Å². The van der Waals surface area contributed by atoms with Gasteiger partial charge in [-0.1, -0.05) is 30.3 Å². The van der Waals surface area contributed by atoms with Crippen molar-refractivity contribution in [3.05, 3.63) is 47.7 Å². The highest BCUT2D eigenvalue weighted by Crippen LogP contribution is 2.29. The second-order valence-electron chi connectivity index (χ2n) is 3.90. The zero-order valence-electron chi connectivity index (χ0n) is 10.3. The second kappa shape index (κ2) is 5.19. The van der Waals surface area contributed by atoms with Crippen LogP contribution in [0.2, 0.25) is 0 Å². The minimum atomic E-state index is -0.914. The van der Waals surface area contributed by atoms with Gasteiger partial charge in [0, 0.05) is 5.56 Å². The van der Waals surface area contributed by atoms with Gasteiger partial charge in [0.1, 0.15) is 17.5 Å². The van der Waals surface area contributed by atoms with E-state index >= 15 is 0 Å². The maximum absolute atomic E-state index is 10.9. The Hall–Kier alpha value is -2.87. The molecule has 0 spiro atoms. The summed E-state index contributed by atoms with van der Waals surface area (Å²) < 4.78 is 4.95. The first-order valence-electron chi connectivity index (χ1n) is 5.56. The maximum Gasteiger partial charge on any atom is 0.410 e. The number of nitrogens with zero attached hydrogens (tertiary/aromatic N) is 2. The second-order valence-corrected chi connectivity index (χ2v) is 3.90. The number of aryl methyl sites for hydroxylation is 1. The molecule has 0 atom stereocenters. The van der Waals surface area contributed by atoms with Crippen LogP contribution in [0.15, 0.2) is 36.4 Å². The molecule has 0 aliphatic heterocycles. The van der Waals surface area contributed by atoms with Crippen LogP contribution >= 0.6 is 0 Å². The van der Waals surface area contributed by atoms with Crippen LogP contribution in [0.1, 0.15) is 11.3 Å². The Labute approximate surface area is 110 Å². The van der Waals surface area contributed by atoms with Crippen molar-refractivity contribution in [2.24, 2.45) is 5.73 Å². The number of hydrogen-bond acceptors (Lipinski definition) is 4. The Balaban J connectivity index is 2.63. The van der Waals surface area contributed by atoms with Gasteiger partial charge in [-0.15, -0.1) is 0 Å². The van der Waals surface area contributed by atoms with Crippen LogP contribution in [0.4, 0.5) is 4.79 Å². The highest BCUT2D eigenvalue weighted by atomic mass is 16.5. The number of carbonyl (C=O) groups is 1. The Morgan fingerprint density at radius 3 is 2.63 bits per heavy atom. The molecule has 2 N–H and O–H groups in total. The largest absolute Gasteiger partial charge is 0.410 e. The summed E-state index contributed by atoms with van der Waals surface area (Å²) in [6.07, 6.45) is -0.914. The number of ether oxygens (including phenoxy) is 1. The van der Waals surface area contributed by atoms with Gasteiger partial charge in [0.25, 0.3) is 0 Å². The van der Waals surface area contributed by atoms with Crippen LogP contribution in [0, 0.1) is 18.3 Å². The highest BCUT2D eigenvalue weighted by molar-refractivity contribution is 5.74. The summed E-state index contributed by atoms with van der Waals surface area (Å²) in [5.41, 5.74) is 7.11. The number of primary amides is 1. The first-order valence-corrected chi connectivity index (χ1v) is 5.56. The summed E-state index contributed by atoms with van der Waals surface area (Å²) in [7, 11) is 0. The molecule has 0 radical (unpaired) electrons. The van der Waals surface area contributed by atoms with Gasteiger partial charge in [0.05, 0.1) is 0 Å². The van der Waals surface area contributed by atoms with Gasteiger partial charge in [0.2, 0.25) is 0 Å². The van der Waals surface area contributed by atoms with Crippen molar-refractivity contribution >= 4 is 6.09 Å². The van der Waals surface area contributed by atoms with Crippen LogP contribution in [0.5, 0.6) is 5.75 Å². The highest BCUT2D eigenvalue weighted by Gasteiger charge is 2.14. The molecule has 2 aromatic rings. The molecular formula is C14H11N3O2. The molecular weight excluding hydrogens is 242 g/mol. The van der Waals surface area contributed by atoms with Crippen LogP contribution in [-0.2, 0) is 0 Å². The monoisotopic (exact) mass is 253 g/mol. The number of nitriles is 1. The maximum atomic E-state index is 10.9. The van der Waals surface area contributed by atoms with Crippen molar-refractivity contribution in [3.63, 3.8) is 0 Å². The van der Waals surface area contributed by atoms with Crippen molar-refractivity contribution in [3.8, 4) is 23.1 Å². The molecule has 19 heavy (non-hydrogen) atoms. The van der Waals surface area contributed by atoms with E-state index in [0.717, 1.165) is 5.56 Å². The average Bonchev–Trinajstić information content (AvgIpc) is 2.39. The fourth-order valence-corrected chi connectivity index (χ4v) is 1.69. The van der Waals surface area contributed by atoms with E-state index in [1.54, 1.807) is 13.0 Å². The smallest absolute Gasteiger partial charge is 0.408 e. The third-order valence-electron chi connectivity index (χ3n) is 2.54. The van der Waals surface area contributed by atoms with Crippen molar-refractivity contribution < 1.29 is 9.53 Å². The van der Waals surface area contributed by atoms with E-state index in [1.807, 2.05) is 36.4 Å². The number of hydrogen-bond donors (Lipinski definition) is 1. The summed E-state index contributed by atoms with van der Waals surface area (Å²) in [6.45, 7) is 1.72. The molecule has 0 aliphatic carbocycles. The lowest BCUT2D eigenvalue weighted by Gasteiger charge is -2.10. The fraction of sp³-hybridized carbons (Fsp3) is 0.0714. The van der Waals surface area contributed by atoms with Crippen molar-refractivity contribution in [1.82, 2.24) is 4.98 Å². The molecule has 1 amide bonds. The normalized spacial score (nSPS) is 9.68. The zero-order valence-corrected chi connectivity index (χ0v) is 10.3. The molecule has 0 saturated heterocycles. The van der Waals surface area contributed by atoms with Crippen LogP contribution in [-0.4, -0.2) is 11.1 Å². The summed E-state index contributed by atoms with van der Waals surface area (Å²) in [5.74, 6) is 0.246. The number of benzene rings is 1. The summed E-state index contributed by atoms with van der Waals surface area (Å²) in [6, 6.07) is 12.7. The van der Waals surface area contributed by atoms with E-state index in [1.165, 1.54) is 0 Å². The molecule has 2 rings (SSSR count). The number of pyridine rings is 1. The first-order chi connectivity index (χ1) is 9.11. The van der Waals surface area contributed by atoms with E-state index in [2.05, 4.69) is 4.98 Å². The van der Waals surface area contributed by atoms with E-state index < -0.39 is 6.09 Å². The van der Waals surface area contributed by atoms with Gasteiger partial charge < -0.3 is 10.5 Å². The van der Waals surface area contributed by atoms with E-state index in [0.29, 0.717) is 11.3 Å². The van der Waals surface area contributed by atoms with E-state index in [-0.39, 0.29) is 11.4 Å². The molecule has 0 bridgehead atoms. The van der Waals surface area contributed by atoms with Crippen LogP contribution in [0.3, 0.4) is 0 Å². The first kappa shape index (κ1) is 12.6. The van der Waals surface area contributed by atoms with Gasteiger partial charge in [-0.05, 0) is 18.6 Å². The lowest BCUT2D eigenvalue weighted by molar-refractivity contribution is 0.211. The molecule has 0 unspecified atom stereocenters. The standard InChI is InChI=1S/C14H11N3O2/c1-9-7-12(19-14(16)18)13(17-11(9)8-15)10-5-3-2-4-6-10/h2-7H,1H3,(H2,16,18). The quantitative estimate of drug-likeness (QED) is 0.889. The molecule has 94 valence electrons. The Kier molecular flexibility index (Phi) is 3.44. The molecule has 0 fully saturated rings. The molecule has 5 heteroatoms. The summed E-state index contributed by atoms with van der Waals surface area (Å²) in [4.78, 5) is 15.1. The lowest BCUT2D eigenvalue weighted by Crippen LogP contribution is -2.17. The van der Waals surface area contributed by atoms with Crippen molar-refractivity contribution in [1.29, 1.82) is 5.26 Å². The predicted octanol–water partition coefficient (Wildman–Crippen LogP) is 2.39. The Bertz CT molecular complexity index is 660.